The zero-order valence-electron chi connectivity index (χ0n) is 10.0. The Morgan fingerprint density at radius 2 is 2.44 bits per heavy atom. The number of nitrogens with two attached hydrogens (primary N) is 1. The Balaban J connectivity index is 2.62. The van der Waals surface area contributed by atoms with Gasteiger partial charge < -0.3 is 21.0 Å². The number of unbranched alkanes of at least 4 members (excludes halogenated alkanes) is 1. The summed E-state index contributed by atoms with van der Waals surface area (Å²) < 4.78 is 0. The third-order valence-electron chi connectivity index (χ3n) is 2.03. The van der Waals surface area contributed by atoms with Gasteiger partial charge in [-0.2, -0.15) is 0 Å². The van der Waals surface area contributed by atoms with Gasteiger partial charge in [0.2, 0.25) is 0 Å². The van der Waals surface area contributed by atoms with E-state index >= 15 is 0 Å². The summed E-state index contributed by atoms with van der Waals surface area (Å²) in [5.41, 5.74) is 5.98. The summed E-state index contributed by atoms with van der Waals surface area (Å²) in [6, 6.07) is 0. The van der Waals surface area contributed by atoms with Gasteiger partial charge in [0.05, 0.1) is 0 Å². The van der Waals surface area contributed by atoms with Crippen LogP contribution in [0.4, 0.5) is 5.13 Å². The van der Waals surface area contributed by atoms with E-state index in [1.54, 1.807) is 5.38 Å². The molecule has 1 rings (SSSR count). The summed E-state index contributed by atoms with van der Waals surface area (Å²) in [4.78, 5) is 20.5. The van der Waals surface area contributed by atoms with Gasteiger partial charge in [-0.1, -0.05) is 5.16 Å². The number of hydrogen-bond donors (Lipinski definition) is 3. The minimum Gasteiger partial charge on any atom is -0.398 e. The van der Waals surface area contributed by atoms with Gasteiger partial charge in [0.25, 0.3) is 5.91 Å². The second kappa shape index (κ2) is 7.62. The molecule has 0 fully saturated rings. The molecule has 0 bridgehead atoms. The molecule has 18 heavy (non-hydrogen) atoms. The maximum absolute atomic E-state index is 11.8. The number of oxime groups is 1. The number of nitrogen functional groups attached to an aromatic ring is 1. The van der Waals surface area contributed by atoms with E-state index in [9.17, 15) is 4.79 Å². The van der Waals surface area contributed by atoms with E-state index in [0.717, 1.165) is 0 Å². The number of aliphatic hydroxyl groups is 1. The third-order valence-corrected chi connectivity index (χ3v) is 2.71. The molecule has 0 atom stereocenters. The summed E-state index contributed by atoms with van der Waals surface area (Å²) in [7, 11) is 1.36. The highest BCUT2D eigenvalue weighted by atomic mass is 32.1. The average Bonchev–Trinajstić information content (AvgIpc) is 2.78. The van der Waals surface area contributed by atoms with E-state index < -0.39 is 0 Å². The summed E-state index contributed by atoms with van der Waals surface area (Å²) in [5, 5.41) is 17.0. The molecule has 1 aromatic rings. The van der Waals surface area contributed by atoms with Gasteiger partial charge in [0, 0.05) is 18.5 Å². The highest BCUT2D eigenvalue weighted by Gasteiger charge is 2.17. The lowest BCUT2D eigenvalue weighted by Gasteiger charge is -2.05. The lowest BCUT2D eigenvalue weighted by molar-refractivity contribution is -0.114. The van der Waals surface area contributed by atoms with Gasteiger partial charge in [-0.25, -0.2) is 4.98 Å². The molecule has 0 saturated heterocycles. The molecule has 4 N–H and O–H groups in total. The normalized spacial score (nSPS) is 11.3. The van der Waals surface area contributed by atoms with Crippen molar-refractivity contribution in [2.45, 2.75) is 12.8 Å². The molecule has 1 aromatic heterocycles. The molecule has 0 aliphatic heterocycles. The fourth-order valence-corrected chi connectivity index (χ4v) is 1.76. The van der Waals surface area contributed by atoms with E-state index in [4.69, 9.17) is 10.8 Å². The molecule has 7 nitrogen and oxygen atoms in total. The Hall–Kier alpha value is -1.67. The molecular formula is C10H16N4O3S. The van der Waals surface area contributed by atoms with Gasteiger partial charge >= 0.3 is 0 Å². The molecule has 0 unspecified atom stereocenters. The highest BCUT2D eigenvalue weighted by Crippen LogP contribution is 2.12. The Kier molecular flexibility index (Phi) is 6.09. The molecule has 1 heterocycles. The van der Waals surface area contributed by atoms with Crippen LogP contribution in [0, 0.1) is 0 Å². The van der Waals surface area contributed by atoms with Crippen molar-refractivity contribution in [2.24, 2.45) is 5.16 Å². The first-order chi connectivity index (χ1) is 8.69. The lowest BCUT2D eigenvalue weighted by Crippen LogP contribution is -2.32. The van der Waals surface area contributed by atoms with E-state index in [0.29, 0.717) is 30.2 Å². The number of nitrogens with one attached hydrogen (secondary N) is 1. The van der Waals surface area contributed by atoms with Crippen molar-refractivity contribution in [2.75, 3.05) is 26.0 Å². The van der Waals surface area contributed by atoms with E-state index in [1.165, 1.54) is 18.4 Å². The molecule has 0 saturated carbocycles. The van der Waals surface area contributed by atoms with Gasteiger partial charge in [0.15, 0.2) is 10.8 Å². The van der Waals surface area contributed by atoms with Crippen molar-refractivity contribution in [3.05, 3.63) is 11.1 Å². The quantitative estimate of drug-likeness (QED) is 0.366. The van der Waals surface area contributed by atoms with Crippen LogP contribution in [0.25, 0.3) is 0 Å². The predicted octanol–water partition coefficient (Wildman–Crippen LogP) is -0.0355. The van der Waals surface area contributed by atoms with E-state index in [-0.39, 0.29) is 18.2 Å². The molecule has 0 spiro atoms. The number of amides is 1. The largest absolute Gasteiger partial charge is 0.398 e. The third kappa shape index (κ3) is 4.30. The molecule has 0 radical (unpaired) electrons. The van der Waals surface area contributed by atoms with Crippen molar-refractivity contribution in [3.63, 3.8) is 0 Å². The van der Waals surface area contributed by atoms with Crippen LogP contribution in [0.5, 0.6) is 0 Å². The maximum Gasteiger partial charge on any atom is 0.275 e. The number of anilines is 1. The molecule has 0 aromatic carbocycles. The number of aromatic nitrogens is 1. The molecule has 1 amide bonds. The average molecular weight is 272 g/mol. The van der Waals surface area contributed by atoms with Crippen molar-refractivity contribution in [1.82, 2.24) is 10.3 Å². The number of hydrogen-bond acceptors (Lipinski definition) is 7. The molecule has 0 aliphatic carbocycles. The first kappa shape index (κ1) is 14.4. The van der Waals surface area contributed by atoms with Crippen LogP contribution in [0.1, 0.15) is 18.5 Å². The minimum absolute atomic E-state index is 0.0921. The number of nitrogens with zero attached hydrogens (tertiary/aromatic N) is 2. The first-order valence-electron chi connectivity index (χ1n) is 5.40. The fourth-order valence-electron chi connectivity index (χ4n) is 1.21. The van der Waals surface area contributed by atoms with Crippen molar-refractivity contribution < 1.29 is 14.7 Å². The second-order valence-electron chi connectivity index (χ2n) is 3.38. The topological polar surface area (TPSA) is 110 Å². The Morgan fingerprint density at radius 1 is 1.67 bits per heavy atom. The minimum atomic E-state index is -0.375. The Morgan fingerprint density at radius 3 is 3.00 bits per heavy atom. The van der Waals surface area contributed by atoms with Gasteiger partial charge in [0.1, 0.15) is 12.8 Å². The maximum atomic E-state index is 11.8. The van der Waals surface area contributed by atoms with Gasteiger partial charge in [-0.3, -0.25) is 4.79 Å². The first-order valence-corrected chi connectivity index (χ1v) is 6.28. The van der Waals surface area contributed by atoms with Crippen molar-refractivity contribution in [3.8, 4) is 0 Å². The van der Waals surface area contributed by atoms with E-state index in [1.807, 2.05) is 0 Å². The van der Waals surface area contributed by atoms with Gasteiger partial charge in [-0.05, 0) is 12.8 Å². The van der Waals surface area contributed by atoms with Crippen LogP contribution >= 0.6 is 11.3 Å². The number of rotatable bonds is 7. The molecule has 100 valence electrons. The fraction of sp³-hybridized carbons (Fsp3) is 0.500. The summed E-state index contributed by atoms with van der Waals surface area (Å²) >= 11 is 1.23. The highest BCUT2D eigenvalue weighted by molar-refractivity contribution is 7.13. The van der Waals surface area contributed by atoms with Crippen LogP contribution in [-0.4, -0.2) is 42.0 Å². The molecular weight excluding hydrogens is 256 g/mol. The standard InChI is InChI=1S/C10H16N4O3S/c1-17-14-8(7-6-18-10(11)13-7)9(16)12-4-2-3-5-15/h6,15H,2-5H2,1H3,(H2,11,13)(H,12,16)/b14-8+. The summed E-state index contributed by atoms with van der Waals surface area (Å²) in [6.07, 6.45) is 1.34. The number of aliphatic hydroxyl groups excluding tert-OH is 1. The molecule has 8 heteroatoms. The zero-order chi connectivity index (χ0) is 13.4. The number of thiazole rings is 1. The Bertz CT molecular complexity index is 419. The predicted molar refractivity (Wildman–Crippen MR) is 69.4 cm³/mol. The lowest BCUT2D eigenvalue weighted by atomic mass is 10.2. The SMILES string of the molecule is CO/N=C(/C(=O)NCCCCO)c1csc(N)n1. The smallest absolute Gasteiger partial charge is 0.275 e. The van der Waals surface area contributed by atoms with Crippen LogP contribution in [0.3, 0.4) is 0 Å². The van der Waals surface area contributed by atoms with Crippen LogP contribution in [-0.2, 0) is 9.63 Å². The van der Waals surface area contributed by atoms with Crippen molar-refractivity contribution >= 4 is 28.1 Å². The number of carbonyl (C=O) groups excluding carboxylic acids is 1. The molecule has 0 aliphatic rings. The van der Waals surface area contributed by atoms with Crippen molar-refractivity contribution in [1.29, 1.82) is 0 Å². The van der Waals surface area contributed by atoms with Crippen LogP contribution in [0.2, 0.25) is 0 Å². The monoisotopic (exact) mass is 272 g/mol. The zero-order valence-corrected chi connectivity index (χ0v) is 10.9. The Labute approximate surface area is 109 Å². The second-order valence-corrected chi connectivity index (χ2v) is 4.27. The summed E-state index contributed by atoms with van der Waals surface area (Å²) in [5.74, 6) is -0.375. The summed E-state index contributed by atoms with van der Waals surface area (Å²) in [6.45, 7) is 0.569. The van der Waals surface area contributed by atoms with Crippen LogP contribution in [0.15, 0.2) is 10.5 Å². The van der Waals surface area contributed by atoms with E-state index in [2.05, 4.69) is 20.3 Å². The number of carbonyl (C=O) groups is 1. The van der Waals surface area contributed by atoms with Gasteiger partial charge in [-0.15, -0.1) is 11.3 Å². The van der Waals surface area contributed by atoms with Crippen LogP contribution < -0.4 is 11.1 Å².